The summed E-state index contributed by atoms with van der Waals surface area (Å²) in [6.07, 6.45) is 0. The molecule has 0 atom stereocenters. The minimum atomic E-state index is -0.118. The molecule has 0 saturated heterocycles. The molecule has 3 nitrogen and oxygen atoms in total. The Morgan fingerprint density at radius 2 is 0.608 bits per heavy atom. The summed E-state index contributed by atoms with van der Waals surface area (Å²) in [7, 11) is 0. The minimum Gasteiger partial charge on any atom is -0.311 e. The number of rotatable bonds is 7. The number of anilines is 6. The summed E-state index contributed by atoms with van der Waals surface area (Å²) >= 11 is 0. The van der Waals surface area contributed by atoms with Gasteiger partial charge in [-0.05, 0) is 131 Å². The molecule has 0 spiro atoms. The molecular formula is C75H48BN3. The van der Waals surface area contributed by atoms with E-state index in [4.69, 9.17) is 4.98 Å². The second-order valence-corrected chi connectivity index (χ2v) is 21.0. The van der Waals surface area contributed by atoms with Gasteiger partial charge in [-0.2, -0.15) is 0 Å². The van der Waals surface area contributed by atoms with Crippen LogP contribution in [0.15, 0.2) is 291 Å². The third-order valence-corrected chi connectivity index (χ3v) is 16.6. The average Bonchev–Trinajstić information content (AvgIpc) is 3.68. The number of fused-ring (bicyclic) bond motifs is 12. The van der Waals surface area contributed by atoms with Crippen LogP contribution < -0.4 is 26.2 Å². The van der Waals surface area contributed by atoms with Crippen molar-refractivity contribution in [3.05, 3.63) is 291 Å². The highest BCUT2D eigenvalue weighted by Gasteiger charge is 2.45. The first-order chi connectivity index (χ1) is 39.2. The molecule has 0 radical (unpaired) electrons. The molecule has 79 heavy (non-hydrogen) atoms. The van der Waals surface area contributed by atoms with Gasteiger partial charge in [-0.25, -0.2) is 4.98 Å². The normalized spacial score (nSPS) is 12.5. The van der Waals surface area contributed by atoms with Crippen LogP contribution in [0.3, 0.4) is 0 Å². The van der Waals surface area contributed by atoms with E-state index < -0.39 is 0 Å². The van der Waals surface area contributed by atoms with Crippen LogP contribution in [-0.4, -0.2) is 11.7 Å². The standard InChI is InChI=1S/C75H48BN3/c1-5-17-49(18-6-1)51-29-35-59(36-30-51)78-71-47-58(57-45-69(55-23-9-3-10-24-55)77-70(46-57)56-25-11-4-12-26-56)48-72-73(71)76(67-43-41-63-61-27-15-13-21-53(61)33-39-65(63)74(67)78)68-44-42-64-62-28-16-14-22-54(62)34-40-66(64)75(68)79(72)60-37-31-52(32-38-60)50-19-7-2-8-20-50/h1-48H. The number of aromatic nitrogens is 1. The van der Waals surface area contributed by atoms with Crippen molar-refractivity contribution < 1.29 is 0 Å². The quantitative estimate of drug-likeness (QED) is 0.117. The van der Waals surface area contributed by atoms with Crippen LogP contribution in [0.4, 0.5) is 34.1 Å². The predicted octanol–water partition coefficient (Wildman–Crippen LogP) is 18.1. The van der Waals surface area contributed by atoms with Crippen molar-refractivity contribution in [2.24, 2.45) is 0 Å². The van der Waals surface area contributed by atoms with E-state index in [0.29, 0.717) is 0 Å². The smallest absolute Gasteiger partial charge is 0.252 e. The Bertz CT molecular complexity index is 4400. The van der Waals surface area contributed by atoms with Gasteiger partial charge in [0.25, 0.3) is 6.71 Å². The van der Waals surface area contributed by atoms with Crippen LogP contribution in [0, 0.1) is 0 Å². The molecule has 2 aliphatic rings. The summed E-state index contributed by atoms with van der Waals surface area (Å²) in [6, 6.07) is 107. The molecule has 16 rings (SSSR count). The zero-order chi connectivity index (χ0) is 52.0. The summed E-state index contributed by atoms with van der Waals surface area (Å²) in [5, 5.41) is 9.85. The summed E-state index contributed by atoms with van der Waals surface area (Å²) in [5.41, 5.74) is 21.6. The molecule has 2 aliphatic heterocycles. The van der Waals surface area contributed by atoms with E-state index in [9.17, 15) is 0 Å². The Morgan fingerprint density at radius 1 is 0.253 bits per heavy atom. The van der Waals surface area contributed by atoms with E-state index in [2.05, 4.69) is 301 Å². The Morgan fingerprint density at radius 3 is 1.04 bits per heavy atom. The second-order valence-electron chi connectivity index (χ2n) is 21.0. The highest BCUT2D eigenvalue weighted by molar-refractivity contribution is 7.01. The lowest BCUT2D eigenvalue weighted by Gasteiger charge is -2.45. The van der Waals surface area contributed by atoms with Gasteiger partial charge in [-0.15, -0.1) is 0 Å². The fourth-order valence-corrected chi connectivity index (χ4v) is 12.9. The molecule has 0 fully saturated rings. The van der Waals surface area contributed by atoms with E-state index in [0.717, 1.165) is 56.4 Å². The van der Waals surface area contributed by atoms with Crippen LogP contribution in [0.5, 0.6) is 0 Å². The molecule has 0 bridgehead atoms. The maximum Gasteiger partial charge on any atom is 0.252 e. The molecule has 0 unspecified atom stereocenters. The van der Waals surface area contributed by atoms with E-state index in [1.807, 2.05) is 0 Å². The summed E-state index contributed by atoms with van der Waals surface area (Å²) in [5.74, 6) is 0. The molecule has 1 aromatic heterocycles. The molecule has 0 amide bonds. The largest absolute Gasteiger partial charge is 0.311 e. The average molecular weight is 1000 g/mol. The van der Waals surface area contributed by atoms with Crippen molar-refractivity contribution in [3.8, 4) is 55.9 Å². The lowest BCUT2D eigenvalue weighted by molar-refractivity contribution is 1.26. The number of hydrogen-bond acceptors (Lipinski definition) is 3. The SMILES string of the molecule is c1ccc(-c2ccc(N3c4cc(-c5cc(-c6ccccc6)nc(-c6ccccc6)c5)cc5c4B(c4ccc6c(ccc7ccccc76)c43)c3ccc4c(ccc6ccccc64)c3N5c3ccc(-c4ccccc4)cc3)cc2)cc1. The van der Waals surface area contributed by atoms with Crippen LogP contribution >= 0.6 is 0 Å². The van der Waals surface area contributed by atoms with Crippen molar-refractivity contribution >= 4 is 100 Å². The second kappa shape index (κ2) is 18.2. The number of benzene rings is 13. The van der Waals surface area contributed by atoms with Crippen LogP contribution in [0.2, 0.25) is 0 Å². The fraction of sp³-hybridized carbons (Fsp3) is 0. The van der Waals surface area contributed by atoms with Gasteiger partial charge in [0, 0.05) is 56.0 Å². The molecule has 366 valence electrons. The Hall–Kier alpha value is -10.3. The maximum atomic E-state index is 5.40. The van der Waals surface area contributed by atoms with Crippen LogP contribution in [0.25, 0.3) is 99.0 Å². The first-order valence-electron chi connectivity index (χ1n) is 27.3. The minimum absolute atomic E-state index is 0.118. The van der Waals surface area contributed by atoms with Gasteiger partial charge in [0.15, 0.2) is 0 Å². The van der Waals surface area contributed by atoms with Crippen molar-refractivity contribution in [1.82, 2.24) is 4.98 Å². The highest BCUT2D eigenvalue weighted by atomic mass is 15.2. The molecule has 3 heterocycles. The highest BCUT2D eigenvalue weighted by Crippen LogP contribution is 2.50. The monoisotopic (exact) mass is 1000 g/mol. The topological polar surface area (TPSA) is 19.4 Å². The summed E-state index contributed by atoms with van der Waals surface area (Å²) in [6.45, 7) is -0.118. The van der Waals surface area contributed by atoms with Gasteiger partial charge in [0.05, 0.1) is 11.4 Å². The molecule has 14 aromatic rings. The van der Waals surface area contributed by atoms with Crippen molar-refractivity contribution in [1.29, 1.82) is 0 Å². The summed E-state index contributed by atoms with van der Waals surface area (Å²) in [4.78, 5) is 10.6. The Labute approximate surface area is 459 Å². The van der Waals surface area contributed by atoms with E-state index in [-0.39, 0.29) is 6.71 Å². The zero-order valence-electron chi connectivity index (χ0n) is 43.1. The van der Waals surface area contributed by atoms with Crippen molar-refractivity contribution in [2.45, 2.75) is 0 Å². The first-order valence-corrected chi connectivity index (χ1v) is 27.3. The molecule has 0 aliphatic carbocycles. The lowest BCUT2D eigenvalue weighted by atomic mass is 9.33. The molecule has 0 N–H and O–H groups in total. The Balaban J connectivity index is 1.04. The van der Waals surface area contributed by atoms with Gasteiger partial charge in [0.2, 0.25) is 0 Å². The van der Waals surface area contributed by atoms with Crippen molar-refractivity contribution in [3.63, 3.8) is 0 Å². The predicted molar refractivity (Wildman–Crippen MR) is 335 cm³/mol. The summed E-state index contributed by atoms with van der Waals surface area (Å²) < 4.78 is 0. The number of hydrogen-bond donors (Lipinski definition) is 0. The maximum absolute atomic E-state index is 5.40. The fourth-order valence-electron chi connectivity index (χ4n) is 12.9. The van der Waals surface area contributed by atoms with Gasteiger partial charge in [-0.1, -0.05) is 243 Å². The molecular weight excluding hydrogens is 954 g/mol. The van der Waals surface area contributed by atoms with E-state index >= 15 is 0 Å². The molecule has 0 saturated carbocycles. The van der Waals surface area contributed by atoms with E-state index in [1.54, 1.807) is 0 Å². The molecule has 4 heteroatoms. The third kappa shape index (κ3) is 7.33. The first kappa shape index (κ1) is 45.0. The molecule has 13 aromatic carbocycles. The van der Waals surface area contributed by atoms with Gasteiger partial charge < -0.3 is 9.80 Å². The van der Waals surface area contributed by atoms with Crippen LogP contribution in [0.1, 0.15) is 0 Å². The number of pyridine rings is 1. The Kier molecular flexibility index (Phi) is 10.4. The van der Waals surface area contributed by atoms with Crippen molar-refractivity contribution in [2.75, 3.05) is 9.80 Å². The number of nitrogens with zero attached hydrogens (tertiary/aromatic N) is 3. The third-order valence-electron chi connectivity index (χ3n) is 16.6. The lowest BCUT2D eigenvalue weighted by Crippen LogP contribution is -2.61. The van der Waals surface area contributed by atoms with Gasteiger partial charge in [0.1, 0.15) is 0 Å². The van der Waals surface area contributed by atoms with Gasteiger partial charge >= 0.3 is 0 Å². The van der Waals surface area contributed by atoms with Gasteiger partial charge in [-0.3, -0.25) is 0 Å². The zero-order valence-corrected chi connectivity index (χ0v) is 43.1. The van der Waals surface area contributed by atoms with E-state index in [1.165, 1.54) is 93.1 Å². The van der Waals surface area contributed by atoms with Crippen LogP contribution in [-0.2, 0) is 0 Å².